The summed E-state index contributed by atoms with van der Waals surface area (Å²) in [5.41, 5.74) is 0.509. The van der Waals surface area contributed by atoms with Gasteiger partial charge < -0.3 is 15.0 Å². The zero-order valence-electron chi connectivity index (χ0n) is 22.0. The highest BCUT2D eigenvalue weighted by Gasteiger charge is 2.29. The molecule has 0 saturated heterocycles. The smallest absolute Gasteiger partial charge is 0.242 e. The Balaban J connectivity index is 2.24. The van der Waals surface area contributed by atoms with Gasteiger partial charge in [-0.15, -0.1) is 0 Å². The first-order valence-electron chi connectivity index (χ1n) is 11.8. The van der Waals surface area contributed by atoms with Crippen LogP contribution in [0.5, 0.6) is 5.75 Å². The number of hydrogen-bond acceptors (Lipinski definition) is 5. The van der Waals surface area contributed by atoms with Gasteiger partial charge in [-0.25, -0.2) is 8.42 Å². The maximum atomic E-state index is 13.4. The molecule has 8 nitrogen and oxygen atoms in total. The van der Waals surface area contributed by atoms with Crippen LogP contribution >= 0.6 is 23.2 Å². The number of methoxy groups -OCH3 is 1. The number of carbonyl (C=O) groups is 2. The first-order valence-corrected chi connectivity index (χ1v) is 14.4. The summed E-state index contributed by atoms with van der Waals surface area (Å²) in [6, 6.07) is 10.9. The largest absolute Gasteiger partial charge is 0.497 e. The lowest BCUT2D eigenvalue weighted by atomic mass is 10.1. The second-order valence-electron chi connectivity index (χ2n) is 9.77. The number of amides is 2. The van der Waals surface area contributed by atoms with Crippen LogP contribution in [0.2, 0.25) is 10.0 Å². The lowest BCUT2D eigenvalue weighted by Gasteiger charge is -2.32. The van der Waals surface area contributed by atoms with Crippen LogP contribution in [0.15, 0.2) is 42.5 Å². The van der Waals surface area contributed by atoms with Crippen molar-refractivity contribution in [1.82, 2.24) is 10.2 Å². The van der Waals surface area contributed by atoms with E-state index in [0.29, 0.717) is 27.0 Å². The number of nitrogens with zero attached hydrogens (tertiary/aromatic N) is 2. The van der Waals surface area contributed by atoms with Gasteiger partial charge in [-0.3, -0.25) is 13.9 Å². The van der Waals surface area contributed by atoms with Crippen molar-refractivity contribution in [2.75, 3.05) is 24.2 Å². The third kappa shape index (κ3) is 9.09. The monoisotopic (exact) mass is 571 g/mol. The van der Waals surface area contributed by atoms with Crippen LogP contribution in [0, 0.1) is 0 Å². The van der Waals surface area contributed by atoms with Crippen LogP contribution in [0.1, 0.15) is 46.1 Å². The second-order valence-corrected chi connectivity index (χ2v) is 12.5. The lowest BCUT2D eigenvalue weighted by molar-refractivity contribution is -0.141. The van der Waals surface area contributed by atoms with E-state index in [9.17, 15) is 18.0 Å². The number of rotatable bonds is 11. The average Bonchev–Trinajstić information content (AvgIpc) is 2.79. The van der Waals surface area contributed by atoms with Gasteiger partial charge in [-0.1, -0.05) is 29.3 Å². The van der Waals surface area contributed by atoms with Crippen molar-refractivity contribution in [2.45, 2.75) is 58.7 Å². The fraction of sp³-hybridized carbons (Fsp3) is 0.462. The Morgan fingerprint density at radius 2 is 1.62 bits per heavy atom. The fourth-order valence-electron chi connectivity index (χ4n) is 3.66. The number of ether oxygens (including phenoxy) is 1. The van der Waals surface area contributed by atoms with Crippen molar-refractivity contribution in [2.24, 2.45) is 0 Å². The maximum absolute atomic E-state index is 13.4. The van der Waals surface area contributed by atoms with Crippen molar-refractivity contribution in [3.05, 3.63) is 58.1 Å². The van der Waals surface area contributed by atoms with Gasteiger partial charge in [0, 0.05) is 40.7 Å². The van der Waals surface area contributed by atoms with E-state index >= 15 is 0 Å². The third-order valence-corrected chi connectivity index (χ3v) is 7.47. The Kier molecular flexibility index (Phi) is 10.7. The minimum atomic E-state index is -3.60. The molecule has 2 aromatic rings. The van der Waals surface area contributed by atoms with Crippen LogP contribution in [0.3, 0.4) is 0 Å². The van der Waals surface area contributed by atoms with Gasteiger partial charge in [0.1, 0.15) is 11.8 Å². The van der Waals surface area contributed by atoms with E-state index in [1.807, 2.05) is 20.8 Å². The lowest BCUT2D eigenvalue weighted by Crippen LogP contribution is -2.52. The van der Waals surface area contributed by atoms with E-state index in [4.69, 9.17) is 27.9 Å². The van der Waals surface area contributed by atoms with Crippen LogP contribution in [-0.2, 0) is 26.2 Å². The van der Waals surface area contributed by atoms with E-state index in [1.54, 1.807) is 49.4 Å². The molecule has 0 aliphatic rings. The molecule has 11 heteroatoms. The highest BCUT2D eigenvalue weighted by Crippen LogP contribution is 2.27. The van der Waals surface area contributed by atoms with E-state index in [2.05, 4.69) is 5.32 Å². The number of hydrogen-bond donors (Lipinski definition) is 1. The molecular formula is C26H35Cl2N3O5S. The number of nitrogens with one attached hydrogen (secondary N) is 1. The molecular weight excluding hydrogens is 537 g/mol. The van der Waals surface area contributed by atoms with Gasteiger partial charge in [0.25, 0.3) is 0 Å². The first-order chi connectivity index (χ1) is 17.1. The van der Waals surface area contributed by atoms with Gasteiger partial charge >= 0.3 is 0 Å². The van der Waals surface area contributed by atoms with Crippen LogP contribution in [-0.4, -0.2) is 56.6 Å². The molecule has 0 aliphatic carbocycles. The standard InChI is InChI=1S/C26H35Cl2N3O5S/c1-18(25(33)29-26(2,3)4)30(17-21-22(27)9-7-10-23(21)28)24(32)11-8-16-31(37(6,34)35)19-12-14-20(36-5)15-13-19/h7,9-10,12-15,18H,8,11,16-17H2,1-6H3,(H,29,33)/t18-/m0/s1. The molecule has 0 saturated carbocycles. The number of benzene rings is 2. The predicted octanol–water partition coefficient (Wildman–Crippen LogP) is 4.88. The first kappa shape index (κ1) is 30.7. The summed E-state index contributed by atoms with van der Waals surface area (Å²) in [6.07, 6.45) is 1.36. The average molecular weight is 573 g/mol. The molecule has 0 radical (unpaired) electrons. The van der Waals surface area contributed by atoms with E-state index in [1.165, 1.54) is 16.3 Å². The Labute approximate surface area is 229 Å². The molecule has 0 aromatic heterocycles. The molecule has 2 aromatic carbocycles. The van der Waals surface area contributed by atoms with Crippen LogP contribution in [0.4, 0.5) is 5.69 Å². The van der Waals surface area contributed by atoms with Gasteiger partial charge in [0.2, 0.25) is 21.8 Å². The fourth-order valence-corrected chi connectivity index (χ4v) is 5.15. The third-order valence-electron chi connectivity index (χ3n) is 5.57. The highest BCUT2D eigenvalue weighted by molar-refractivity contribution is 7.92. The number of sulfonamides is 1. The van der Waals surface area contributed by atoms with Crippen LogP contribution < -0.4 is 14.4 Å². The van der Waals surface area contributed by atoms with Gasteiger partial charge in [-0.2, -0.15) is 0 Å². The van der Waals surface area contributed by atoms with E-state index in [-0.39, 0.29) is 37.7 Å². The number of anilines is 1. The Morgan fingerprint density at radius 3 is 2.11 bits per heavy atom. The molecule has 204 valence electrons. The topological polar surface area (TPSA) is 96.0 Å². The summed E-state index contributed by atoms with van der Waals surface area (Å²) >= 11 is 12.7. The van der Waals surface area contributed by atoms with Crippen molar-refractivity contribution < 1.29 is 22.7 Å². The molecule has 0 spiro atoms. The Bertz CT molecular complexity index is 1180. The summed E-state index contributed by atoms with van der Waals surface area (Å²) in [6.45, 7) is 7.32. The SMILES string of the molecule is COc1ccc(N(CCCC(=O)N(Cc2c(Cl)cccc2Cl)[C@@H](C)C(=O)NC(C)(C)C)S(C)(=O)=O)cc1. The molecule has 2 amide bonds. The predicted molar refractivity (Wildman–Crippen MR) is 149 cm³/mol. The highest BCUT2D eigenvalue weighted by atomic mass is 35.5. The summed E-state index contributed by atoms with van der Waals surface area (Å²) in [5.74, 6) is -0.0421. The molecule has 0 aliphatic heterocycles. The van der Waals surface area contributed by atoms with Gasteiger partial charge in [-0.05, 0) is 70.5 Å². The molecule has 0 heterocycles. The van der Waals surface area contributed by atoms with Gasteiger partial charge in [0.15, 0.2) is 0 Å². The number of carbonyl (C=O) groups excluding carboxylic acids is 2. The van der Waals surface area contributed by atoms with Crippen molar-refractivity contribution in [1.29, 1.82) is 0 Å². The van der Waals surface area contributed by atoms with E-state index < -0.39 is 21.6 Å². The second kappa shape index (κ2) is 12.8. The summed E-state index contributed by atoms with van der Waals surface area (Å²) in [4.78, 5) is 27.8. The molecule has 1 N–H and O–H groups in total. The van der Waals surface area contributed by atoms with Crippen molar-refractivity contribution >= 4 is 50.7 Å². The van der Waals surface area contributed by atoms with Crippen molar-refractivity contribution in [3.8, 4) is 5.75 Å². The van der Waals surface area contributed by atoms with Crippen molar-refractivity contribution in [3.63, 3.8) is 0 Å². The minimum absolute atomic E-state index is 0.0113. The zero-order chi connectivity index (χ0) is 28.0. The molecule has 2 rings (SSSR count). The van der Waals surface area contributed by atoms with E-state index in [0.717, 1.165) is 6.26 Å². The molecule has 37 heavy (non-hydrogen) atoms. The summed E-state index contributed by atoms with van der Waals surface area (Å²) < 4.78 is 31.3. The Hall–Kier alpha value is -2.49. The molecule has 1 atom stereocenters. The molecule has 0 fully saturated rings. The maximum Gasteiger partial charge on any atom is 0.242 e. The number of halogens is 2. The normalized spacial score (nSPS) is 12.5. The zero-order valence-corrected chi connectivity index (χ0v) is 24.4. The molecule has 0 bridgehead atoms. The summed E-state index contributed by atoms with van der Waals surface area (Å²) in [7, 11) is -2.07. The van der Waals surface area contributed by atoms with Crippen LogP contribution in [0.25, 0.3) is 0 Å². The van der Waals surface area contributed by atoms with Gasteiger partial charge in [0.05, 0.1) is 19.1 Å². The Morgan fingerprint density at radius 1 is 1.05 bits per heavy atom. The quantitative estimate of drug-likeness (QED) is 0.414. The minimum Gasteiger partial charge on any atom is -0.497 e. The molecule has 0 unspecified atom stereocenters. The summed E-state index contributed by atoms with van der Waals surface area (Å²) in [5, 5.41) is 3.67.